The van der Waals surface area contributed by atoms with Crippen LogP contribution in [0.25, 0.3) is 10.6 Å². The SMILES string of the molecule is N#Cc1c(F)cccc1NCc1cn[nH]c1-c1cccs1. The maximum atomic E-state index is 13.5. The molecule has 0 radical (unpaired) electrons. The van der Waals surface area contributed by atoms with Crippen LogP contribution in [-0.4, -0.2) is 10.2 Å². The molecule has 0 amide bonds. The van der Waals surface area contributed by atoms with E-state index in [1.165, 1.54) is 6.07 Å². The largest absolute Gasteiger partial charge is 0.380 e. The smallest absolute Gasteiger partial charge is 0.143 e. The van der Waals surface area contributed by atoms with Crippen molar-refractivity contribution in [2.75, 3.05) is 5.32 Å². The number of thiophene rings is 1. The van der Waals surface area contributed by atoms with Crippen molar-refractivity contribution in [3.05, 3.63) is 58.9 Å². The lowest BCUT2D eigenvalue weighted by molar-refractivity contribution is 0.624. The van der Waals surface area contributed by atoms with E-state index in [1.54, 1.807) is 29.7 Å². The fraction of sp³-hybridized carbons (Fsp3) is 0.0667. The fourth-order valence-corrected chi connectivity index (χ4v) is 2.81. The quantitative estimate of drug-likeness (QED) is 0.770. The van der Waals surface area contributed by atoms with Gasteiger partial charge in [0, 0.05) is 12.1 Å². The Balaban J connectivity index is 1.83. The maximum absolute atomic E-state index is 13.5. The minimum absolute atomic E-state index is 0.0265. The normalized spacial score (nSPS) is 10.3. The Kier molecular flexibility index (Phi) is 3.67. The van der Waals surface area contributed by atoms with E-state index in [2.05, 4.69) is 15.5 Å². The molecule has 4 nitrogen and oxygen atoms in total. The van der Waals surface area contributed by atoms with Crippen LogP contribution in [0.5, 0.6) is 0 Å². The molecule has 6 heteroatoms. The number of nitriles is 1. The predicted octanol–water partition coefficient (Wildman–Crippen LogP) is 3.76. The van der Waals surface area contributed by atoms with Gasteiger partial charge in [0.2, 0.25) is 0 Å². The van der Waals surface area contributed by atoms with E-state index >= 15 is 0 Å². The van der Waals surface area contributed by atoms with Crippen molar-refractivity contribution < 1.29 is 4.39 Å². The number of halogens is 1. The molecule has 0 atom stereocenters. The van der Waals surface area contributed by atoms with Gasteiger partial charge in [-0.15, -0.1) is 11.3 Å². The summed E-state index contributed by atoms with van der Waals surface area (Å²) in [4.78, 5) is 1.09. The minimum Gasteiger partial charge on any atom is -0.380 e. The molecule has 0 aliphatic carbocycles. The van der Waals surface area contributed by atoms with Crippen molar-refractivity contribution in [1.29, 1.82) is 5.26 Å². The Bertz CT molecular complexity index is 786. The Morgan fingerprint density at radius 1 is 1.33 bits per heavy atom. The summed E-state index contributed by atoms with van der Waals surface area (Å²) in [5.41, 5.74) is 2.41. The van der Waals surface area contributed by atoms with E-state index in [1.807, 2.05) is 23.6 Å². The summed E-state index contributed by atoms with van der Waals surface area (Å²) >= 11 is 1.62. The fourth-order valence-electron chi connectivity index (χ4n) is 2.05. The third-order valence-corrected chi connectivity index (χ3v) is 3.97. The minimum atomic E-state index is -0.520. The van der Waals surface area contributed by atoms with Gasteiger partial charge in [0.1, 0.15) is 17.4 Å². The average Bonchev–Trinajstić information content (AvgIpc) is 3.15. The van der Waals surface area contributed by atoms with Crippen LogP contribution in [0.4, 0.5) is 10.1 Å². The number of aromatic nitrogens is 2. The second kappa shape index (κ2) is 5.77. The van der Waals surface area contributed by atoms with Crippen molar-refractivity contribution >= 4 is 17.0 Å². The molecule has 0 aliphatic rings. The third kappa shape index (κ3) is 2.64. The van der Waals surface area contributed by atoms with E-state index in [0.717, 1.165) is 16.1 Å². The number of nitrogens with zero attached hydrogens (tertiary/aromatic N) is 2. The maximum Gasteiger partial charge on any atom is 0.143 e. The summed E-state index contributed by atoms with van der Waals surface area (Å²) in [5, 5.41) is 21.1. The van der Waals surface area contributed by atoms with E-state index < -0.39 is 5.82 Å². The molecule has 21 heavy (non-hydrogen) atoms. The second-order valence-electron chi connectivity index (χ2n) is 4.38. The third-order valence-electron chi connectivity index (χ3n) is 3.08. The molecule has 104 valence electrons. The van der Waals surface area contributed by atoms with Crippen molar-refractivity contribution in [2.45, 2.75) is 6.54 Å². The van der Waals surface area contributed by atoms with Gasteiger partial charge in [-0.25, -0.2) is 4.39 Å². The molecule has 3 rings (SSSR count). The van der Waals surface area contributed by atoms with Crippen LogP contribution in [0.1, 0.15) is 11.1 Å². The Morgan fingerprint density at radius 3 is 3.00 bits per heavy atom. The highest BCUT2D eigenvalue weighted by Gasteiger charge is 2.11. The number of benzene rings is 1. The summed E-state index contributed by atoms with van der Waals surface area (Å²) in [7, 11) is 0. The summed E-state index contributed by atoms with van der Waals surface area (Å²) in [6.07, 6.45) is 1.73. The molecule has 0 saturated heterocycles. The van der Waals surface area contributed by atoms with Gasteiger partial charge in [0.15, 0.2) is 0 Å². The lowest BCUT2D eigenvalue weighted by Gasteiger charge is -2.08. The molecule has 0 aliphatic heterocycles. The first kappa shape index (κ1) is 13.3. The first-order chi connectivity index (χ1) is 10.3. The van der Waals surface area contributed by atoms with Gasteiger partial charge in [-0.3, -0.25) is 5.10 Å². The lowest BCUT2D eigenvalue weighted by atomic mass is 10.1. The van der Waals surface area contributed by atoms with Gasteiger partial charge < -0.3 is 5.32 Å². The van der Waals surface area contributed by atoms with E-state index in [9.17, 15) is 4.39 Å². The monoisotopic (exact) mass is 298 g/mol. The lowest BCUT2D eigenvalue weighted by Crippen LogP contribution is -2.02. The van der Waals surface area contributed by atoms with Crippen molar-refractivity contribution in [1.82, 2.24) is 10.2 Å². The zero-order valence-corrected chi connectivity index (χ0v) is 11.7. The first-order valence-electron chi connectivity index (χ1n) is 6.28. The zero-order chi connectivity index (χ0) is 14.7. The molecule has 3 aromatic rings. The molecule has 2 N–H and O–H groups in total. The zero-order valence-electron chi connectivity index (χ0n) is 10.9. The summed E-state index contributed by atoms with van der Waals surface area (Å²) < 4.78 is 13.5. The Morgan fingerprint density at radius 2 is 2.24 bits per heavy atom. The standard InChI is InChI=1S/C15H11FN4S/c16-12-3-1-4-13(11(12)7-17)18-8-10-9-19-20-15(10)14-5-2-6-21-14/h1-6,9,18H,8H2,(H,19,20). The highest BCUT2D eigenvalue weighted by Crippen LogP contribution is 2.27. The highest BCUT2D eigenvalue weighted by atomic mass is 32.1. The van der Waals surface area contributed by atoms with Crippen molar-refractivity contribution in [3.63, 3.8) is 0 Å². The number of hydrogen-bond acceptors (Lipinski definition) is 4. The van der Waals surface area contributed by atoms with E-state index in [-0.39, 0.29) is 5.56 Å². The van der Waals surface area contributed by atoms with Gasteiger partial charge in [-0.2, -0.15) is 10.4 Å². The van der Waals surface area contributed by atoms with Gasteiger partial charge >= 0.3 is 0 Å². The van der Waals surface area contributed by atoms with Crippen LogP contribution in [0.15, 0.2) is 41.9 Å². The van der Waals surface area contributed by atoms with Gasteiger partial charge in [0.05, 0.1) is 22.5 Å². The molecule has 2 aromatic heterocycles. The number of rotatable bonds is 4. The average molecular weight is 298 g/mol. The Labute approximate surface area is 124 Å². The summed E-state index contributed by atoms with van der Waals surface area (Å²) in [6.45, 7) is 0.460. The number of hydrogen-bond donors (Lipinski definition) is 2. The molecule has 0 spiro atoms. The van der Waals surface area contributed by atoms with Gasteiger partial charge in [-0.05, 0) is 23.6 Å². The van der Waals surface area contributed by atoms with Gasteiger partial charge in [-0.1, -0.05) is 12.1 Å². The van der Waals surface area contributed by atoms with Crippen LogP contribution in [0, 0.1) is 17.1 Å². The summed E-state index contributed by atoms with van der Waals surface area (Å²) in [5.74, 6) is -0.520. The topological polar surface area (TPSA) is 64.5 Å². The highest BCUT2D eigenvalue weighted by molar-refractivity contribution is 7.13. The second-order valence-corrected chi connectivity index (χ2v) is 5.32. The van der Waals surface area contributed by atoms with Crippen LogP contribution < -0.4 is 5.32 Å². The summed E-state index contributed by atoms with van der Waals surface area (Å²) in [6, 6.07) is 10.4. The van der Waals surface area contributed by atoms with Crippen LogP contribution in [0.2, 0.25) is 0 Å². The van der Waals surface area contributed by atoms with Crippen LogP contribution in [-0.2, 0) is 6.54 Å². The van der Waals surface area contributed by atoms with Crippen LogP contribution >= 0.6 is 11.3 Å². The van der Waals surface area contributed by atoms with Crippen molar-refractivity contribution in [2.24, 2.45) is 0 Å². The molecule has 0 bridgehead atoms. The number of H-pyrrole nitrogens is 1. The molecular formula is C15H11FN4S. The number of nitrogens with one attached hydrogen (secondary N) is 2. The predicted molar refractivity (Wildman–Crippen MR) is 80.3 cm³/mol. The van der Waals surface area contributed by atoms with E-state index in [4.69, 9.17) is 5.26 Å². The molecule has 0 saturated carbocycles. The number of aromatic amines is 1. The molecule has 0 fully saturated rings. The molecule has 0 unspecified atom stereocenters. The molecule has 2 heterocycles. The van der Waals surface area contributed by atoms with E-state index in [0.29, 0.717) is 12.2 Å². The van der Waals surface area contributed by atoms with Crippen molar-refractivity contribution in [3.8, 4) is 16.6 Å². The Hall–Kier alpha value is -2.65. The molecular weight excluding hydrogens is 287 g/mol. The van der Waals surface area contributed by atoms with Gasteiger partial charge in [0.25, 0.3) is 0 Å². The number of anilines is 1. The first-order valence-corrected chi connectivity index (χ1v) is 7.16. The van der Waals surface area contributed by atoms with Crippen LogP contribution in [0.3, 0.4) is 0 Å². The molecule has 1 aromatic carbocycles.